The smallest absolute Gasteiger partial charge is 0.268 e. The van der Waals surface area contributed by atoms with Crippen LogP contribution >= 0.6 is 15.9 Å². The van der Waals surface area contributed by atoms with E-state index in [9.17, 15) is 13.2 Å². The van der Waals surface area contributed by atoms with Gasteiger partial charge < -0.3 is 0 Å². The summed E-state index contributed by atoms with van der Waals surface area (Å²) in [5, 5.41) is 0.769. The van der Waals surface area contributed by atoms with E-state index >= 15 is 0 Å². The van der Waals surface area contributed by atoms with E-state index in [0.29, 0.717) is 6.42 Å². The predicted octanol–water partition coefficient (Wildman–Crippen LogP) is 1.79. The maximum atomic E-state index is 12.1. The summed E-state index contributed by atoms with van der Waals surface area (Å²) in [6.45, 7) is 0.227. The summed E-state index contributed by atoms with van der Waals surface area (Å²) < 4.78 is 25.1. The predicted molar refractivity (Wildman–Crippen MR) is 70.1 cm³/mol. The monoisotopic (exact) mass is 332 g/mol. The van der Waals surface area contributed by atoms with Gasteiger partial charge in [0.1, 0.15) is 0 Å². The number of carbonyl (C=O) groups excluding carboxylic acids is 1. The van der Waals surface area contributed by atoms with Crippen LogP contribution in [-0.2, 0) is 10.0 Å². The molecular weight excluding hydrogens is 320 g/mol. The molecule has 0 aromatic carbocycles. The summed E-state index contributed by atoms with van der Waals surface area (Å²) in [7, 11) is -3.72. The Hall–Kier alpha value is -0.950. The topological polar surface area (TPSA) is 67.3 Å². The molecular formula is C11H13BrN2O3S. The number of alkyl halides is 1. The lowest BCUT2D eigenvalue weighted by Crippen LogP contribution is -2.31. The zero-order valence-corrected chi connectivity index (χ0v) is 12.1. The fourth-order valence-corrected chi connectivity index (χ4v) is 3.77. The van der Waals surface area contributed by atoms with E-state index in [1.165, 1.54) is 12.3 Å². The first-order chi connectivity index (χ1) is 8.59. The van der Waals surface area contributed by atoms with Gasteiger partial charge in [0, 0.05) is 18.1 Å². The number of fused-ring (bicyclic) bond motifs is 1. The second-order valence-corrected chi connectivity index (χ2v) is 6.56. The lowest BCUT2D eigenvalue weighted by molar-refractivity contribution is 0.0869. The first-order valence-electron chi connectivity index (χ1n) is 5.67. The van der Waals surface area contributed by atoms with Crippen molar-refractivity contribution in [2.45, 2.75) is 24.3 Å². The van der Waals surface area contributed by atoms with Crippen molar-refractivity contribution in [3.63, 3.8) is 0 Å². The van der Waals surface area contributed by atoms with E-state index in [1.54, 1.807) is 6.07 Å². The molecule has 0 N–H and O–H groups in total. The normalized spacial score (nSPS) is 16.9. The maximum absolute atomic E-state index is 12.1. The second kappa shape index (κ2) is 5.36. The van der Waals surface area contributed by atoms with Gasteiger partial charge in [-0.1, -0.05) is 22.4 Å². The summed E-state index contributed by atoms with van der Waals surface area (Å²) in [4.78, 5) is 15.8. The fraction of sp³-hybridized carbons (Fsp3) is 0.455. The number of unbranched alkanes of at least 4 members (excludes halogenated alkanes) is 2. The molecule has 5 nitrogen and oxygen atoms in total. The highest BCUT2D eigenvalue weighted by Gasteiger charge is 2.41. The number of hydrogen-bond donors (Lipinski definition) is 0. The van der Waals surface area contributed by atoms with Crippen LogP contribution in [0.5, 0.6) is 0 Å². The van der Waals surface area contributed by atoms with E-state index in [2.05, 4.69) is 20.9 Å². The minimum Gasteiger partial charge on any atom is -0.268 e. The maximum Gasteiger partial charge on any atom is 0.285 e. The first-order valence-corrected chi connectivity index (χ1v) is 8.23. The molecule has 2 heterocycles. The zero-order chi connectivity index (χ0) is 13.2. The van der Waals surface area contributed by atoms with Crippen molar-refractivity contribution in [2.24, 2.45) is 0 Å². The minimum absolute atomic E-state index is 0.115. The number of aromatic nitrogens is 1. The minimum atomic E-state index is -3.72. The van der Waals surface area contributed by atoms with Crippen LogP contribution in [0.4, 0.5) is 0 Å². The molecule has 7 heteroatoms. The van der Waals surface area contributed by atoms with Gasteiger partial charge in [0.2, 0.25) is 0 Å². The standard InChI is InChI=1S/C11H13BrN2O3S/c12-6-2-1-3-8-14-11(15)9-5-4-7-13-10(9)18(14,16)17/h4-5,7H,1-3,6,8H2. The van der Waals surface area contributed by atoms with E-state index < -0.39 is 15.9 Å². The van der Waals surface area contributed by atoms with Crippen LogP contribution in [0.15, 0.2) is 23.4 Å². The molecule has 18 heavy (non-hydrogen) atoms. The molecule has 0 fully saturated rings. The SMILES string of the molecule is O=C1c2cccnc2S(=O)(=O)N1CCCCCBr. The summed E-state index contributed by atoms with van der Waals surface area (Å²) in [6, 6.07) is 3.07. The number of halogens is 1. The molecule has 0 spiro atoms. The van der Waals surface area contributed by atoms with E-state index in [0.717, 1.165) is 22.5 Å². The van der Waals surface area contributed by atoms with Crippen molar-refractivity contribution in [1.29, 1.82) is 0 Å². The van der Waals surface area contributed by atoms with Crippen molar-refractivity contribution in [2.75, 3.05) is 11.9 Å². The second-order valence-electron chi connectivity index (χ2n) is 3.99. The molecule has 1 amide bonds. The molecule has 1 aromatic rings. The Morgan fingerprint density at radius 3 is 2.72 bits per heavy atom. The Labute approximate surface area is 114 Å². The quantitative estimate of drug-likeness (QED) is 0.609. The van der Waals surface area contributed by atoms with Gasteiger partial charge in [0.25, 0.3) is 15.9 Å². The number of sulfonamides is 1. The molecule has 0 radical (unpaired) electrons. The van der Waals surface area contributed by atoms with E-state index in [4.69, 9.17) is 0 Å². The van der Waals surface area contributed by atoms with Gasteiger partial charge in [0.15, 0.2) is 5.03 Å². The summed E-state index contributed by atoms with van der Waals surface area (Å²) in [5.41, 5.74) is 0.179. The van der Waals surface area contributed by atoms with Crippen molar-refractivity contribution in [3.05, 3.63) is 23.9 Å². The van der Waals surface area contributed by atoms with Gasteiger partial charge in [-0.15, -0.1) is 0 Å². The lowest BCUT2D eigenvalue weighted by atomic mass is 10.2. The van der Waals surface area contributed by atoms with Gasteiger partial charge in [0.05, 0.1) is 5.56 Å². The highest BCUT2D eigenvalue weighted by Crippen LogP contribution is 2.28. The van der Waals surface area contributed by atoms with Gasteiger partial charge >= 0.3 is 0 Å². The lowest BCUT2D eigenvalue weighted by Gasteiger charge is -2.13. The van der Waals surface area contributed by atoms with Crippen LogP contribution in [0.25, 0.3) is 0 Å². The Bertz CT molecular complexity index is 559. The molecule has 1 aliphatic rings. The molecule has 1 aliphatic heterocycles. The summed E-state index contributed by atoms with van der Waals surface area (Å²) in [5.74, 6) is -0.461. The molecule has 0 bridgehead atoms. The van der Waals surface area contributed by atoms with Gasteiger partial charge in [-0.3, -0.25) is 4.79 Å². The van der Waals surface area contributed by atoms with Crippen LogP contribution in [-0.4, -0.2) is 35.5 Å². The van der Waals surface area contributed by atoms with E-state index in [-0.39, 0.29) is 17.1 Å². The molecule has 0 atom stereocenters. The highest BCUT2D eigenvalue weighted by molar-refractivity contribution is 9.09. The fourth-order valence-electron chi connectivity index (χ4n) is 1.86. The average Bonchev–Trinajstić information content (AvgIpc) is 2.55. The molecule has 0 saturated heterocycles. The molecule has 1 aromatic heterocycles. The molecule has 98 valence electrons. The Kier molecular flexibility index (Phi) is 4.01. The Morgan fingerprint density at radius 1 is 1.28 bits per heavy atom. The van der Waals surface area contributed by atoms with Crippen LogP contribution in [0.2, 0.25) is 0 Å². The molecule has 2 rings (SSSR count). The number of amides is 1. The Morgan fingerprint density at radius 2 is 2.06 bits per heavy atom. The average molecular weight is 333 g/mol. The van der Waals surface area contributed by atoms with Crippen LogP contribution in [0.3, 0.4) is 0 Å². The zero-order valence-electron chi connectivity index (χ0n) is 9.67. The van der Waals surface area contributed by atoms with Crippen molar-refractivity contribution >= 4 is 31.9 Å². The molecule has 0 saturated carbocycles. The van der Waals surface area contributed by atoms with Gasteiger partial charge in [-0.2, -0.15) is 8.42 Å². The third-order valence-corrected chi connectivity index (χ3v) is 5.06. The summed E-state index contributed by atoms with van der Waals surface area (Å²) >= 11 is 3.31. The molecule has 0 aliphatic carbocycles. The largest absolute Gasteiger partial charge is 0.285 e. The number of hydrogen-bond acceptors (Lipinski definition) is 4. The van der Waals surface area contributed by atoms with Gasteiger partial charge in [-0.05, 0) is 25.0 Å². The highest BCUT2D eigenvalue weighted by atomic mass is 79.9. The van der Waals surface area contributed by atoms with Gasteiger partial charge in [-0.25, -0.2) is 9.29 Å². The van der Waals surface area contributed by atoms with Crippen LogP contribution in [0, 0.1) is 0 Å². The number of rotatable bonds is 5. The number of carbonyl (C=O) groups is 1. The van der Waals surface area contributed by atoms with Crippen LogP contribution in [0.1, 0.15) is 29.6 Å². The summed E-state index contributed by atoms with van der Waals surface area (Å²) in [6.07, 6.45) is 3.91. The van der Waals surface area contributed by atoms with Crippen molar-refractivity contribution in [1.82, 2.24) is 9.29 Å². The van der Waals surface area contributed by atoms with Crippen molar-refractivity contribution < 1.29 is 13.2 Å². The number of nitrogens with zero attached hydrogens (tertiary/aromatic N) is 2. The first kappa shape index (κ1) is 13.5. The third kappa shape index (κ3) is 2.29. The Balaban J connectivity index is 2.18. The molecule has 0 unspecified atom stereocenters. The van der Waals surface area contributed by atoms with Crippen LogP contribution < -0.4 is 0 Å². The van der Waals surface area contributed by atoms with E-state index in [1.807, 2.05) is 0 Å². The third-order valence-electron chi connectivity index (χ3n) is 2.76. The van der Waals surface area contributed by atoms with Crippen molar-refractivity contribution in [3.8, 4) is 0 Å². The number of pyridine rings is 1.